The summed E-state index contributed by atoms with van der Waals surface area (Å²) in [6, 6.07) is 9.14. The number of hydrogen-bond donors (Lipinski definition) is 0. The van der Waals surface area contributed by atoms with Crippen LogP contribution in [0.5, 0.6) is 0 Å². The van der Waals surface area contributed by atoms with Gasteiger partial charge < -0.3 is 9.09 Å². The number of carbonyl (C=O) groups excluding carboxylic acids is 2. The number of aryl methyl sites for hydroxylation is 1. The fourth-order valence-electron chi connectivity index (χ4n) is 2.32. The topological polar surface area (TPSA) is 65.1 Å². The molecule has 0 bridgehead atoms. The van der Waals surface area contributed by atoms with Crippen LogP contribution in [0.15, 0.2) is 41.1 Å². The van der Waals surface area contributed by atoms with E-state index in [4.69, 9.17) is 16.1 Å². The number of halogens is 1. The van der Waals surface area contributed by atoms with E-state index in [-0.39, 0.29) is 0 Å². The Labute approximate surface area is 125 Å². The molecule has 0 aliphatic rings. The second kappa shape index (κ2) is 5.18. The summed E-state index contributed by atoms with van der Waals surface area (Å²) in [4.78, 5) is 23.0. The lowest BCUT2D eigenvalue weighted by Crippen LogP contribution is -2.06. The number of aromatic nitrogens is 2. The van der Waals surface area contributed by atoms with Crippen molar-refractivity contribution in [2.75, 3.05) is 0 Å². The van der Waals surface area contributed by atoms with Gasteiger partial charge in [-0.05, 0) is 24.6 Å². The van der Waals surface area contributed by atoms with E-state index in [9.17, 15) is 9.59 Å². The zero-order valence-corrected chi connectivity index (χ0v) is 11.9. The molecule has 1 aromatic carbocycles. The number of carbonyl (C=O) groups is 2. The van der Waals surface area contributed by atoms with Crippen LogP contribution in [0.3, 0.4) is 0 Å². The van der Waals surface area contributed by atoms with E-state index in [0.717, 1.165) is 11.2 Å². The van der Waals surface area contributed by atoms with Crippen LogP contribution in [0.4, 0.5) is 0 Å². The van der Waals surface area contributed by atoms with Gasteiger partial charge in [-0.1, -0.05) is 23.4 Å². The third kappa shape index (κ3) is 2.48. The molecule has 0 aliphatic heterocycles. The average molecular weight is 303 g/mol. The Hall–Kier alpha value is -2.40. The summed E-state index contributed by atoms with van der Waals surface area (Å²) in [7, 11) is 0. The van der Waals surface area contributed by atoms with Crippen molar-refractivity contribution in [3.8, 4) is 0 Å². The summed E-state index contributed by atoms with van der Waals surface area (Å²) in [5.41, 5.74) is 1.91. The zero-order valence-electron chi connectivity index (χ0n) is 11.2. The van der Waals surface area contributed by atoms with Crippen molar-refractivity contribution in [2.24, 2.45) is 0 Å². The highest BCUT2D eigenvalue weighted by Crippen LogP contribution is 2.23. The van der Waals surface area contributed by atoms with Gasteiger partial charge >= 0.3 is 0 Å². The molecule has 3 rings (SSSR count). The smallest absolute Gasteiger partial charge is 0.293 e. The number of nitrogens with zero attached hydrogens (tertiary/aromatic N) is 2. The van der Waals surface area contributed by atoms with Crippen molar-refractivity contribution in [3.63, 3.8) is 0 Å². The van der Waals surface area contributed by atoms with Crippen LogP contribution in [0.25, 0.3) is 10.9 Å². The lowest BCUT2D eigenvalue weighted by Gasteiger charge is -2.01. The molecule has 0 atom stereocenters. The van der Waals surface area contributed by atoms with Crippen molar-refractivity contribution in [1.29, 1.82) is 0 Å². The van der Waals surface area contributed by atoms with Crippen LogP contribution < -0.4 is 0 Å². The number of ketones is 1. The monoisotopic (exact) mass is 302 g/mol. The van der Waals surface area contributed by atoms with Gasteiger partial charge in [-0.25, -0.2) is 0 Å². The molecule has 0 saturated carbocycles. The Kier molecular flexibility index (Phi) is 3.35. The Balaban J connectivity index is 2.10. The van der Waals surface area contributed by atoms with Crippen molar-refractivity contribution in [3.05, 3.63) is 53.5 Å². The summed E-state index contributed by atoms with van der Waals surface area (Å²) in [5.74, 6) is -0.0372. The molecule has 106 valence electrons. The fraction of sp³-hybridized carbons (Fsp3) is 0.133. The first-order valence-electron chi connectivity index (χ1n) is 6.30. The third-order valence-corrected chi connectivity index (χ3v) is 3.39. The number of Topliss-reactive ketones (excluding diaryl/α,β-unsaturated/α-hetero) is 1. The predicted molar refractivity (Wildman–Crippen MR) is 77.5 cm³/mol. The Bertz CT molecular complexity index is 848. The van der Waals surface area contributed by atoms with Gasteiger partial charge in [-0.2, -0.15) is 0 Å². The van der Waals surface area contributed by atoms with E-state index in [1.54, 1.807) is 18.3 Å². The van der Waals surface area contributed by atoms with Gasteiger partial charge in [0.05, 0.1) is 17.8 Å². The SMILES string of the molecule is Cc1cc(Cn2cc(C(=O)C(=O)Cl)c3ccccc32)on1. The highest BCUT2D eigenvalue weighted by Gasteiger charge is 2.20. The molecule has 0 saturated heterocycles. The molecular weight excluding hydrogens is 292 g/mol. The van der Waals surface area contributed by atoms with Gasteiger partial charge in [0, 0.05) is 23.2 Å². The minimum atomic E-state index is -0.992. The first kappa shape index (κ1) is 13.6. The third-order valence-electron chi connectivity index (χ3n) is 3.21. The Morgan fingerprint density at radius 3 is 2.76 bits per heavy atom. The molecule has 0 radical (unpaired) electrons. The van der Waals surface area contributed by atoms with Crippen LogP contribution in [0.1, 0.15) is 21.8 Å². The van der Waals surface area contributed by atoms with Crippen molar-refractivity contribution in [1.82, 2.24) is 9.72 Å². The number of hydrogen-bond acceptors (Lipinski definition) is 4. The number of para-hydroxylation sites is 1. The number of fused-ring (bicyclic) bond motifs is 1. The predicted octanol–water partition coefficient (Wildman–Crippen LogP) is 2.93. The molecule has 6 heteroatoms. The maximum absolute atomic E-state index is 11.9. The normalized spacial score (nSPS) is 11.0. The van der Waals surface area contributed by atoms with E-state index >= 15 is 0 Å². The molecule has 3 aromatic rings. The molecule has 2 aromatic heterocycles. The molecule has 0 spiro atoms. The molecule has 21 heavy (non-hydrogen) atoms. The molecule has 0 amide bonds. The van der Waals surface area contributed by atoms with E-state index in [1.165, 1.54) is 0 Å². The summed E-state index contributed by atoms with van der Waals surface area (Å²) >= 11 is 5.31. The van der Waals surface area contributed by atoms with Gasteiger partial charge in [0.2, 0.25) is 5.78 Å². The van der Waals surface area contributed by atoms with Gasteiger partial charge in [-0.3, -0.25) is 9.59 Å². The van der Waals surface area contributed by atoms with E-state index < -0.39 is 11.0 Å². The first-order chi connectivity index (χ1) is 10.1. The molecule has 0 N–H and O–H groups in total. The van der Waals surface area contributed by atoms with E-state index in [2.05, 4.69) is 5.16 Å². The zero-order chi connectivity index (χ0) is 15.0. The van der Waals surface area contributed by atoms with Gasteiger partial charge in [0.15, 0.2) is 5.76 Å². The first-order valence-corrected chi connectivity index (χ1v) is 6.68. The summed E-state index contributed by atoms with van der Waals surface area (Å²) < 4.78 is 7.02. The summed E-state index contributed by atoms with van der Waals surface area (Å²) in [6.45, 7) is 2.26. The lowest BCUT2D eigenvalue weighted by atomic mass is 10.1. The van der Waals surface area contributed by atoms with Crippen LogP contribution in [0.2, 0.25) is 0 Å². The lowest BCUT2D eigenvalue weighted by molar-refractivity contribution is -0.108. The largest absolute Gasteiger partial charge is 0.359 e. The minimum Gasteiger partial charge on any atom is -0.359 e. The second-order valence-corrected chi connectivity index (χ2v) is 5.07. The standard InChI is InChI=1S/C15H11ClN2O3/c1-9-6-10(21-17-9)7-18-8-12(14(19)15(16)20)11-4-2-3-5-13(11)18/h2-6,8H,7H2,1H3. The average Bonchev–Trinajstić information content (AvgIpc) is 3.03. The van der Waals surface area contributed by atoms with Crippen molar-refractivity contribution in [2.45, 2.75) is 13.5 Å². The molecule has 5 nitrogen and oxygen atoms in total. The molecule has 2 heterocycles. The van der Waals surface area contributed by atoms with Gasteiger partial charge in [-0.15, -0.1) is 0 Å². The van der Waals surface area contributed by atoms with E-state index in [1.807, 2.05) is 29.7 Å². The van der Waals surface area contributed by atoms with Crippen LogP contribution in [0, 0.1) is 6.92 Å². The molecule has 0 aliphatic carbocycles. The summed E-state index contributed by atoms with van der Waals surface area (Å²) in [6.07, 6.45) is 1.62. The van der Waals surface area contributed by atoms with Gasteiger partial charge in [0.1, 0.15) is 0 Å². The minimum absolute atomic E-state index is 0.293. The Morgan fingerprint density at radius 2 is 2.10 bits per heavy atom. The number of benzene rings is 1. The molecule has 0 unspecified atom stereocenters. The second-order valence-electron chi connectivity index (χ2n) is 4.73. The van der Waals surface area contributed by atoms with Crippen molar-refractivity contribution < 1.29 is 14.1 Å². The van der Waals surface area contributed by atoms with Crippen LogP contribution in [-0.2, 0) is 11.3 Å². The number of rotatable bonds is 4. The van der Waals surface area contributed by atoms with Crippen LogP contribution in [-0.4, -0.2) is 20.7 Å². The highest BCUT2D eigenvalue weighted by molar-refractivity contribution is 6.83. The molecule has 0 fully saturated rings. The van der Waals surface area contributed by atoms with Gasteiger partial charge in [0.25, 0.3) is 5.24 Å². The highest BCUT2D eigenvalue weighted by atomic mass is 35.5. The molecular formula is C15H11ClN2O3. The fourth-order valence-corrected chi connectivity index (χ4v) is 2.42. The maximum Gasteiger partial charge on any atom is 0.293 e. The Morgan fingerprint density at radius 1 is 1.33 bits per heavy atom. The van der Waals surface area contributed by atoms with Crippen molar-refractivity contribution >= 4 is 33.5 Å². The maximum atomic E-state index is 11.9. The van der Waals surface area contributed by atoms with Crippen LogP contribution >= 0.6 is 11.6 Å². The quantitative estimate of drug-likeness (QED) is 0.422. The van der Waals surface area contributed by atoms with E-state index in [0.29, 0.717) is 23.3 Å². The summed E-state index contributed by atoms with van der Waals surface area (Å²) in [5, 5.41) is 3.53.